The summed E-state index contributed by atoms with van der Waals surface area (Å²) in [5.41, 5.74) is -0.872. The number of rotatable bonds is 6. The van der Waals surface area contributed by atoms with Crippen molar-refractivity contribution in [3.63, 3.8) is 0 Å². The van der Waals surface area contributed by atoms with Crippen molar-refractivity contribution < 1.29 is 19.4 Å². The van der Waals surface area contributed by atoms with Crippen molar-refractivity contribution >= 4 is 12.1 Å². The van der Waals surface area contributed by atoms with Gasteiger partial charge in [0.15, 0.2) is 0 Å². The second-order valence-corrected chi connectivity index (χ2v) is 6.84. The smallest absolute Gasteiger partial charge is 0.408 e. The van der Waals surface area contributed by atoms with E-state index in [0.29, 0.717) is 6.42 Å². The average Bonchev–Trinajstić information content (AvgIpc) is 2.37. The van der Waals surface area contributed by atoms with Crippen LogP contribution in [-0.4, -0.2) is 28.8 Å². The van der Waals surface area contributed by atoms with Crippen molar-refractivity contribution in [2.24, 2.45) is 5.41 Å². The number of hydrogen-bond acceptors (Lipinski definition) is 3. The zero-order valence-corrected chi connectivity index (χ0v) is 13.9. The van der Waals surface area contributed by atoms with Crippen LogP contribution in [0.1, 0.15) is 53.4 Å². The second-order valence-electron chi connectivity index (χ2n) is 6.84. The van der Waals surface area contributed by atoms with Crippen molar-refractivity contribution in [3.05, 3.63) is 24.3 Å². The molecule has 124 valence electrons. The van der Waals surface area contributed by atoms with Crippen LogP contribution in [0.25, 0.3) is 0 Å². The average molecular weight is 309 g/mol. The minimum atomic E-state index is -1.04. The fourth-order valence-corrected chi connectivity index (χ4v) is 2.70. The summed E-state index contributed by atoms with van der Waals surface area (Å²) in [5, 5.41) is 11.9. The number of aliphatic carboxylic acids is 1. The van der Waals surface area contributed by atoms with Gasteiger partial charge in [-0.1, -0.05) is 37.6 Å². The Morgan fingerprint density at radius 3 is 2.50 bits per heavy atom. The molecule has 5 nitrogen and oxygen atoms in total. The third-order valence-corrected chi connectivity index (χ3v) is 3.57. The zero-order valence-electron chi connectivity index (χ0n) is 13.9. The van der Waals surface area contributed by atoms with E-state index in [1.807, 2.05) is 18.2 Å². The van der Waals surface area contributed by atoms with Crippen LogP contribution in [0, 0.1) is 5.41 Å². The quantitative estimate of drug-likeness (QED) is 0.785. The Hall–Kier alpha value is -1.78. The Labute approximate surface area is 132 Å². The van der Waals surface area contributed by atoms with Crippen LogP contribution in [0.4, 0.5) is 4.79 Å². The van der Waals surface area contributed by atoms with E-state index in [1.54, 1.807) is 20.8 Å². The third-order valence-electron chi connectivity index (χ3n) is 3.57. The van der Waals surface area contributed by atoms with Crippen molar-refractivity contribution in [3.8, 4) is 0 Å². The molecule has 0 aromatic heterocycles. The van der Waals surface area contributed by atoms with Crippen molar-refractivity contribution in [1.82, 2.24) is 5.32 Å². The molecule has 0 aliphatic heterocycles. The Bertz CT molecular complexity index is 462. The molecular formula is C17H27NO4. The lowest BCUT2D eigenvalue weighted by Gasteiger charge is -2.34. The number of ether oxygens (including phenoxy) is 1. The maximum Gasteiger partial charge on any atom is 0.408 e. The van der Waals surface area contributed by atoms with E-state index in [1.165, 1.54) is 0 Å². The SMILES string of the molecule is CCCC1(C[C@H](NC(=O)OC(C)(C)C)C(=O)O)C=CC=CC1. The van der Waals surface area contributed by atoms with Crippen LogP contribution in [0.2, 0.25) is 0 Å². The van der Waals surface area contributed by atoms with Crippen LogP contribution >= 0.6 is 0 Å². The minimum absolute atomic E-state index is 0.221. The van der Waals surface area contributed by atoms with Gasteiger partial charge in [0.2, 0.25) is 0 Å². The predicted molar refractivity (Wildman–Crippen MR) is 85.6 cm³/mol. The van der Waals surface area contributed by atoms with Crippen molar-refractivity contribution in [2.45, 2.75) is 65.0 Å². The lowest BCUT2D eigenvalue weighted by atomic mass is 9.73. The first-order valence-electron chi connectivity index (χ1n) is 7.74. The number of allylic oxidation sites excluding steroid dienone is 4. The van der Waals surface area contributed by atoms with Crippen LogP contribution in [0.5, 0.6) is 0 Å². The summed E-state index contributed by atoms with van der Waals surface area (Å²) in [7, 11) is 0. The molecule has 0 heterocycles. The molecule has 1 rings (SSSR count). The maximum absolute atomic E-state index is 11.8. The summed E-state index contributed by atoms with van der Waals surface area (Å²) in [6, 6.07) is -0.961. The fourth-order valence-electron chi connectivity index (χ4n) is 2.70. The standard InChI is InChI=1S/C17H27NO4/c1-5-9-17(10-7-6-8-11-17)12-13(14(19)20)18-15(21)22-16(2,3)4/h6-8,10,13H,5,9,11-12H2,1-4H3,(H,18,21)(H,19,20)/t13-,17?/m0/s1. The Kier molecular flexibility index (Phi) is 6.21. The summed E-state index contributed by atoms with van der Waals surface area (Å²) in [6.45, 7) is 7.31. The van der Waals surface area contributed by atoms with Crippen LogP contribution < -0.4 is 5.32 Å². The van der Waals surface area contributed by atoms with E-state index >= 15 is 0 Å². The molecule has 0 bridgehead atoms. The van der Waals surface area contributed by atoms with Gasteiger partial charge in [-0.25, -0.2) is 9.59 Å². The molecule has 1 aliphatic carbocycles. The molecule has 5 heteroatoms. The van der Waals surface area contributed by atoms with Gasteiger partial charge < -0.3 is 15.2 Å². The van der Waals surface area contributed by atoms with E-state index in [-0.39, 0.29) is 5.41 Å². The fraction of sp³-hybridized carbons (Fsp3) is 0.647. The van der Waals surface area contributed by atoms with Gasteiger partial charge >= 0.3 is 12.1 Å². The molecule has 1 aliphatic rings. The predicted octanol–water partition coefficient (Wildman–Crippen LogP) is 3.66. The van der Waals surface area contributed by atoms with Gasteiger partial charge in [0, 0.05) is 0 Å². The van der Waals surface area contributed by atoms with Gasteiger partial charge in [0.05, 0.1) is 0 Å². The first-order valence-corrected chi connectivity index (χ1v) is 7.74. The number of carbonyl (C=O) groups excluding carboxylic acids is 1. The van der Waals surface area contributed by atoms with E-state index in [9.17, 15) is 14.7 Å². The molecule has 0 aromatic rings. The first-order chi connectivity index (χ1) is 10.2. The molecule has 0 saturated heterocycles. The summed E-state index contributed by atoms with van der Waals surface area (Å²) in [4.78, 5) is 23.4. The van der Waals surface area contributed by atoms with E-state index < -0.39 is 23.7 Å². The number of amides is 1. The molecule has 2 N–H and O–H groups in total. The highest BCUT2D eigenvalue weighted by molar-refractivity contribution is 5.80. The maximum atomic E-state index is 11.8. The lowest BCUT2D eigenvalue weighted by Crippen LogP contribution is -2.46. The molecule has 1 amide bonds. The molecular weight excluding hydrogens is 282 g/mol. The molecule has 0 radical (unpaired) electrons. The molecule has 0 saturated carbocycles. The topological polar surface area (TPSA) is 75.6 Å². The zero-order chi connectivity index (χ0) is 16.8. The Morgan fingerprint density at radius 2 is 2.05 bits per heavy atom. The molecule has 1 unspecified atom stereocenters. The molecule has 22 heavy (non-hydrogen) atoms. The summed E-state index contributed by atoms with van der Waals surface area (Å²) < 4.78 is 5.16. The van der Waals surface area contributed by atoms with Gasteiger partial charge in [-0.3, -0.25) is 0 Å². The summed E-state index contributed by atoms with van der Waals surface area (Å²) in [5.74, 6) is -1.04. The monoisotopic (exact) mass is 309 g/mol. The molecule has 2 atom stereocenters. The number of carboxylic acid groups (broad SMARTS) is 1. The first kappa shape index (κ1) is 18.3. The molecule has 0 spiro atoms. The summed E-state index contributed by atoms with van der Waals surface area (Å²) in [6.07, 6.45) is 10.3. The van der Waals surface area contributed by atoms with Gasteiger partial charge in [-0.05, 0) is 45.4 Å². The van der Waals surface area contributed by atoms with E-state index in [2.05, 4.69) is 18.3 Å². The largest absolute Gasteiger partial charge is 0.480 e. The highest BCUT2D eigenvalue weighted by atomic mass is 16.6. The minimum Gasteiger partial charge on any atom is -0.480 e. The van der Waals surface area contributed by atoms with Gasteiger partial charge in [0.25, 0.3) is 0 Å². The highest BCUT2D eigenvalue weighted by Gasteiger charge is 2.34. The number of hydrogen-bond donors (Lipinski definition) is 2. The lowest BCUT2D eigenvalue weighted by molar-refractivity contribution is -0.140. The van der Waals surface area contributed by atoms with Gasteiger partial charge in [-0.2, -0.15) is 0 Å². The molecule has 0 aromatic carbocycles. The number of carbonyl (C=O) groups is 2. The number of nitrogens with one attached hydrogen (secondary N) is 1. The summed E-state index contributed by atoms with van der Waals surface area (Å²) >= 11 is 0. The van der Waals surface area contributed by atoms with Crippen LogP contribution in [-0.2, 0) is 9.53 Å². The normalized spacial score (nSPS) is 22.2. The highest BCUT2D eigenvalue weighted by Crippen LogP contribution is 2.37. The van der Waals surface area contributed by atoms with Crippen LogP contribution in [0.15, 0.2) is 24.3 Å². The molecule has 0 fully saturated rings. The van der Waals surface area contributed by atoms with E-state index in [0.717, 1.165) is 19.3 Å². The van der Waals surface area contributed by atoms with Crippen molar-refractivity contribution in [1.29, 1.82) is 0 Å². The number of alkyl carbamates (subject to hydrolysis) is 1. The third kappa shape index (κ3) is 5.92. The second kappa shape index (κ2) is 7.47. The van der Waals surface area contributed by atoms with Crippen LogP contribution in [0.3, 0.4) is 0 Å². The van der Waals surface area contributed by atoms with E-state index in [4.69, 9.17) is 4.74 Å². The number of carboxylic acids is 1. The Balaban J connectivity index is 2.78. The van der Waals surface area contributed by atoms with Gasteiger partial charge in [-0.15, -0.1) is 0 Å². The van der Waals surface area contributed by atoms with Crippen molar-refractivity contribution in [2.75, 3.05) is 0 Å². The Morgan fingerprint density at radius 1 is 1.36 bits per heavy atom. The van der Waals surface area contributed by atoms with Gasteiger partial charge in [0.1, 0.15) is 11.6 Å².